The summed E-state index contributed by atoms with van der Waals surface area (Å²) < 4.78 is 49.5. The van der Waals surface area contributed by atoms with Crippen LogP contribution >= 0.6 is 0 Å². The zero-order chi connectivity index (χ0) is 15.7. The Hall–Kier alpha value is -1.54. The summed E-state index contributed by atoms with van der Waals surface area (Å²) in [6.07, 6.45) is 0. The number of hydrogen-bond donors (Lipinski definition) is 1. The Labute approximate surface area is 116 Å². The SMILES string of the molecule is CCN(C(=O)c1cc(S(N)(=O)=O)c(F)cc1F)C(C)C. The van der Waals surface area contributed by atoms with E-state index in [0.29, 0.717) is 18.7 Å². The van der Waals surface area contributed by atoms with Gasteiger partial charge in [0.25, 0.3) is 5.91 Å². The second kappa shape index (κ2) is 5.84. The highest BCUT2D eigenvalue weighted by Crippen LogP contribution is 2.20. The van der Waals surface area contributed by atoms with Crippen LogP contribution in [0.4, 0.5) is 8.78 Å². The summed E-state index contributed by atoms with van der Waals surface area (Å²) in [6.45, 7) is 5.45. The summed E-state index contributed by atoms with van der Waals surface area (Å²) in [6, 6.07) is 0.768. The van der Waals surface area contributed by atoms with Crippen molar-refractivity contribution >= 4 is 15.9 Å². The second-order valence-electron chi connectivity index (χ2n) is 4.49. The number of hydrogen-bond acceptors (Lipinski definition) is 3. The van der Waals surface area contributed by atoms with E-state index in [1.54, 1.807) is 20.8 Å². The molecule has 0 bridgehead atoms. The minimum Gasteiger partial charge on any atom is -0.336 e. The zero-order valence-electron chi connectivity index (χ0n) is 11.4. The van der Waals surface area contributed by atoms with Crippen LogP contribution in [0.25, 0.3) is 0 Å². The van der Waals surface area contributed by atoms with Gasteiger partial charge in [-0.05, 0) is 26.8 Å². The highest BCUT2D eigenvalue weighted by Gasteiger charge is 2.25. The molecule has 1 rings (SSSR count). The third-order valence-electron chi connectivity index (χ3n) is 2.78. The highest BCUT2D eigenvalue weighted by atomic mass is 32.2. The summed E-state index contributed by atoms with van der Waals surface area (Å²) in [4.78, 5) is 12.6. The molecule has 0 saturated carbocycles. The molecule has 1 aromatic carbocycles. The van der Waals surface area contributed by atoms with Crippen LogP contribution in [0.1, 0.15) is 31.1 Å². The molecule has 0 aliphatic heterocycles. The molecule has 0 heterocycles. The van der Waals surface area contributed by atoms with Crippen LogP contribution in [0.2, 0.25) is 0 Å². The standard InChI is InChI=1S/C12H16F2N2O3S/c1-4-16(7(2)3)12(17)8-5-11(20(15,18)19)10(14)6-9(8)13/h5-7H,4H2,1-3H3,(H2,15,18,19). The Bertz CT molecular complexity index is 630. The molecule has 0 atom stereocenters. The lowest BCUT2D eigenvalue weighted by molar-refractivity contribution is 0.0711. The molecule has 0 unspecified atom stereocenters. The number of rotatable bonds is 4. The summed E-state index contributed by atoms with van der Waals surface area (Å²) >= 11 is 0. The average molecular weight is 306 g/mol. The Morgan fingerprint density at radius 1 is 1.30 bits per heavy atom. The maximum absolute atomic E-state index is 13.7. The zero-order valence-corrected chi connectivity index (χ0v) is 12.2. The number of carbonyl (C=O) groups excluding carboxylic acids is 1. The van der Waals surface area contributed by atoms with Crippen molar-refractivity contribution in [3.8, 4) is 0 Å². The van der Waals surface area contributed by atoms with E-state index in [1.165, 1.54) is 4.90 Å². The van der Waals surface area contributed by atoms with Gasteiger partial charge >= 0.3 is 0 Å². The normalized spacial score (nSPS) is 11.8. The van der Waals surface area contributed by atoms with E-state index < -0.39 is 38.0 Å². The highest BCUT2D eigenvalue weighted by molar-refractivity contribution is 7.89. The van der Waals surface area contributed by atoms with Gasteiger partial charge < -0.3 is 4.90 Å². The van der Waals surface area contributed by atoms with Crippen molar-refractivity contribution in [2.24, 2.45) is 5.14 Å². The fraction of sp³-hybridized carbons (Fsp3) is 0.417. The Kier molecular flexibility index (Phi) is 4.82. The molecule has 5 nitrogen and oxygen atoms in total. The molecule has 1 amide bonds. The minimum atomic E-state index is -4.37. The molecule has 8 heteroatoms. The van der Waals surface area contributed by atoms with E-state index >= 15 is 0 Å². The number of carbonyl (C=O) groups is 1. The average Bonchev–Trinajstić information content (AvgIpc) is 2.27. The summed E-state index contributed by atoms with van der Waals surface area (Å²) in [5, 5.41) is 4.83. The van der Waals surface area contributed by atoms with Crippen LogP contribution in [-0.4, -0.2) is 31.8 Å². The van der Waals surface area contributed by atoms with E-state index in [1.807, 2.05) is 0 Å². The second-order valence-corrected chi connectivity index (χ2v) is 6.02. The van der Waals surface area contributed by atoms with Gasteiger partial charge in [0.2, 0.25) is 10.0 Å². The molecule has 0 radical (unpaired) electrons. The molecule has 0 aliphatic rings. The van der Waals surface area contributed by atoms with Crippen LogP contribution < -0.4 is 5.14 Å². The minimum absolute atomic E-state index is 0.213. The number of benzene rings is 1. The quantitative estimate of drug-likeness (QED) is 0.915. The van der Waals surface area contributed by atoms with Crippen molar-refractivity contribution < 1.29 is 22.0 Å². The Morgan fingerprint density at radius 2 is 1.85 bits per heavy atom. The number of halogens is 2. The number of nitrogens with two attached hydrogens (primary N) is 1. The molecule has 0 fully saturated rings. The summed E-state index contributed by atoms with van der Waals surface area (Å²) in [7, 11) is -4.37. The molecular formula is C12H16F2N2O3S. The number of nitrogens with zero attached hydrogens (tertiary/aromatic N) is 1. The molecule has 0 aromatic heterocycles. The predicted molar refractivity (Wildman–Crippen MR) is 69.6 cm³/mol. The number of primary sulfonamides is 1. The van der Waals surface area contributed by atoms with Crippen molar-refractivity contribution in [2.75, 3.05) is 6.54 Å². The maximum atomic E-state index is 13.7. The Morgan fingerprint density at radius 3 is 2.25 bits per heavy atom. The van der Waals surface area contributed by atoms with Crippen LogP contribution in [0.15, 0.2) is 17.0 Å². The number of amides is 1. The van der Waals surface area contributed by atoms with E-state index in [-0.39, 0.29) is 6.04 Å². The lowest BCUT2D eigenvalue weighted by Gasteiger charge is -2.25. The van der Waals surface area contributed by atoms with Gasteiger partial charge in [-0.3, -0.25) is 4.79 Å². The van der Waals surface area contributed by atoms with Gasteiger partial charge in [-0.2, -0.15) is 0 Å². The van der Waals surface area contributed by atoms with Gasteiger partial charge in [0.05, 0.1) is 5.56 Å². The fourth-order valence-electron chi connectivity index (χ4n) is 1.81. The molecule has 0 spiro atoms. The first kappa shape index (κ1) is 16.5. The molecule has 0 saturated heterocycles. The molecule has 1 aromatic rings. The summed E-state index contributed by atoms with van der Waals surface area (Å²) in [5.74, 6) is -3.17. The molecule has 20 heavy (non-hydrogen) atoms. The molecule has 112 valence electrons. The third kappa shape index (κ3) is 3.31. The van der Waals surface area contributed by atoms with E-state index in [2.05, 4.69) is 0 Å². The van der Waals surface area contributed by atoms with E-state index in [0.717, 1.165) is 0 Å². The van der Waals surface area contributed by atoms with Crippen molar-refractivity contribution in [3.05, 3.63) is 29.3 Å². The largest absolute Gasteiger partial charge is 0.336 e. The first-order valence-electron chi connectivity index (χ1n) is 5.92. The first-order chi connectivity index (χ1) is 9.09. The van der Waals surface area contributed by atoms with Gasteiger partial charge in [-0.15, -0.1) is 0 Å². The maximum Gasteiger partial charge on any atom is 0.257 e. The van der Waals surface area contributed by atoms with Crippen molar-refractivity contribution in [3.63, 3.8) is 0 Å². The van der Waals surface area contributed by atoms with Gasteiger partial charge in [-0.1, -0.05) is 0 Å². The molecule has 2 N–H and O–H groups in total. The fourth-order valence-corrected chi connectivity index (χ4v) is 2.42. The smallest absolute Gasteiger partial charge is 0.257 e. The molecular weight excluding hydrogens is 290 g/mol. The van der Waals surface area contributed by atoms with Crippen molar-refractivity contribution in [1.82, 2.24) is 4.90 Å². The van der Waals surface area contributed by atoms with Gasteiger partial charge in [0, 0.05) is 18.7 Å². The van der Waals surface area contributed by atoms with Crippen LogP contribution in [0.3, 0.4) is 0 Å². The van der Waals surface area contributed by atoms with E-state index in [9.17, 15) is 22.0 Å². The summed E-state index contributed by atoms with van der Waals surface area (Å²) in [5.41, 5.74) is -0.522. The molecule has 0 aliphatic carbocycles. The van der Waals surface area contributed by atoms with Crippen molar-refractivity contribution in [2.45, 2.75) is 31.7 Å². The van der Waals surface area contributed by atoms with Gasteiger partial charge in [0.1, 0.15) is 16.5 Å². The van der Waals surface area contributed by atoms with E-state index in [4.69, 9.17) is 5.14 Å². The van der Waals surface area contributed by atoms with Crippen LogP contribution in [-0.2, 0) is 10.0 Å². The lowest BCUT2D eigenvalue weighted by Crippen LogP contribution is -2.37. The predicted octanol–water partition coefficient (Wildman–Crippen LogP) is 1.48. The van der Waals surface area contributed by atoms with Crippen LogP contribution in [0.5, 0.6) is 0 Å². The lowest BCUT2D eigenvalue weighted by atomic mass is 10.1. The van der Waals surface area contributed by atoms with Gasteiger partial charge in [-0.25, -0.2) is 22.3 Å². The van der Waals surface area contributed by atoms with Crippen molar-refractivity contribution in [1.29, 1.82) is 0 Å². The van der Waals surface area contributed by atoms with Crippen LogP contribution in [0, 0.1) is 11.6 Å². The number of sulfonamides is 1. The topological polar surface area (TPSA) is 80.5 Å². The monoisotopic (exact) mass is 306 g/mol. The Balaban J connectivity index is 3.43. The first-order valence-corrected chi connectivity index (χ1v) is 7.47. The van der Waals surface area contributed by atoms with Gasteiger partial charge in [0.15, 0.2) is 0 Å². The third-order valence-corrected chi connectivity index (χ3v) is 3.71.